The lowest BCUT2D eigenvalue weighted by Gasteiger charge is -2.14. The standard InChI is InChI=1S/C17H15Cl2F2N3O2/c1-24(8-15(25)22-10-5-6-11(18)12(19)7-10)9-16(26)23-17-13(20)3-2-4-14(17)21/h2-7H,8-9H2,1H3,(H,22,25)(H,23,26)/p+1. The van der Waals surface area contributed by atoms with Gasteiger partial charge in [-0.1, -0.05) is 29.3 Å². The number of para-hydroxylation sites is 1. The summed E-state index contributed by atoms with van der Waals surface area (Å²) < 4.78 is 27.0. The summed E-state index contributed by atoms with van der Waals surface area (Å²) in [5, 5.41) is 5.47. The molecule has 9 heteroatoms. The Bertz CT molecular complexity index is 813. The van der Waals surface area contributed by atoms with E-state index < -0.39 is 23.2 Å². The zero-order valence-electron chi connectivity index (χ0n) is 13.7. The van der Waals surface area contributed by atoms with Gasteiger partial charge in [0.25, 0.3) is 11.8 Å². The molecule has 2 amide bonds. The Balaban J connectivity index is 1.87. The van der Waals surface area contributed by atoms with Gasteiger partial charge in [-0.2, -0.15) is 0 Å². The number of anilines is 2. The summed E-state index contributed by atoms with van der Waals surface area (Å²) in [5.41, 5.74) is -0.0411. The number of carbonyl (C=O) groups is 2. The van der Waals surface area contributed by atoms with Crippen LogP contribution in [0.1, 0.15) is 0 Å². The minimum Gasteiger partial charge on any atom is -0.322 e. The van der Waals surface area contributed by atoms with Crippen molar-refractivity contribution >= 4 is 46.4 Å². The molecule has 0 heterocycles. The monoisotopic (exact) mass is 402 g/mol. The predicted molar refractivity (Wildman–Crippen MR) is 96.7 cm³/mol. The van der Waals surface area contributed by atoms with Crippen molar-refractivity contribution in [3.63, 3.8) is 0 Å². The second-order valence-electron chi connectivity index (χ2n) is 5.63. The first kappa shape index (κ1) is 20.1. The third-order valence-electron chi connectivity index (χ3n) is 3.36. The number of likely N-dealkylation sites (N-methyl/N-ethyl adjacent to an activating group) is 1. The molecule has 2 aromatic rings. The fourth-order valence-corrected chi connectivity index (χ4v) is 2.49. The van der Waals surface area contributed by atoms with E-state index in [0.717, 1.165) is 12.1 Å². The number of hydrogen-bond acceptors (Lipinski definition) is 2. The first-order valence-corrected chi connectivity index (χ1v) is 8.32. The lowest BCUT2D eigenvalue weighted by molar-refractivity contribution is -0.862. The fourth-order valence-electron chi connectivity index (χ4n) is 2.19. The summed E-state index contributed by atoms with van der Waals surface area (Å²) in [6.45, 7) is -0.185. The van der Waals surface area contributed by atoms with Crippen LogP contribution >= 0.6 is 23.2 Å². The van der Waals surface area contributed by atoms with Crippen LogP contribution in [0, 0.1) is 11.6 Å². The van der Waals surface area contributed by atoms with Gasteiger partial charge in [0.05, 0.1) is 17.1 Å². The first-order valence-electron chi connectivity index (χ1n) is 7.56. The average molecular weight is 403 g/mol. The van der Waals surface area contributed by atoms with Gasteiger partial charge < -0.3 is 15.5 Å². The van der Waals surface area contributed by atoms with E-state index in [4.69, 9.17) is 23.2 Å². The molecule has 0 bridgehead atoms. The van der Waals surface area contributed by atoms with Crippen LogP contribution in [-0.4, -0.2) is 32.0 Å². The summed E-state index contributed by atoms with van der Waals surface area (Å²) in [4.78, 5) is 24.5. The molecule has 0 aliphatic heterocycles. The van der Waals surface area contributed by atoms with Gasteiger partial charge in [-0.25, -0.2) is 8.78 Å². The van der Waals surface area contributed by atoms with Gasteiger partial charge >= 0.3 is 0 Å². The molecule has 0 fully saturated rings. The van der Waals surface area contributed by atoms with Gasteiger partial charge in [0.1, 0.15) is 17.3 Å². The number of rotatable bonds is 6. The SMILES string of the molecule is C[NH+](CC(=O)Nc1ccc(Cl)c(Cl)c1)CC(=O)Nc1c(F)cccc1F. The molecule has 0 radical (unpaired) electrons. The molecule has 1 unspecified atom stereocenters. The zero-order valence-corrected chi connectivity index (χ0v) is 15.2. The molecule has 0 aliphatic carbocycles. The zero-order chi connectivity index (χ0) is 19.3. The van der Waals surface area contributed by atoms with Gasteiger partial charge in [-0.15, -0.1) is 0 Å². The average Bonchev–Trinajstić information content (AvgIpc) is 2.54. The van der Waals surface area contributed by atoms with Crippen molar-refractivity contribution in [1.82, 2.24) is 0 Å². The molecule has 26 heavy (non-hydrogen) atoms. The Kier molecular flexibility index (Phi) is 6.90. The maximum absolute atomic E-state index is 13.5. The van der Waals surface area contributed by atoms with Crippen molar-refractivity contribution < 1.29 is 23.3 Å². The lowest BCUT2D eigenvalue weighted by atomic mass is 10.3. The van der Waals surface area contributed by atoms with Crippen LogP contribution in [0.5, 0.6) is 0 Å². The van der Waals surface area contributed by atoms with E-state index >= 15 is 0 Å². The fraction of sp³-hybridized carbons (Fsp3) is 0.176. The molecule has 3 N–H and O–H groups in total. The molecular weight excluding hydrogens is 387 g/mol. The Morgan fingerprint density at radius 2 is 1.54 bits per heavy atom. The molecule has 0 aromatic heterocycles. The van der Waals surface area contributed by atoms with E-state index in [0.29, 0.717) is 20.6 Å². The van der Waals surface area contributed by atoms with Gasteiger partial charge in [0, 0.05) is 5.69 Å². The third-order valence-corrected chi connectivity index (χ3v) is 4.09. The minimum absolute atomic E-state index is 0.0343. The Morgan fingerprint density at radius 1 is 0.962 bits per heavy atom. The summed E-state index contributed by atoms with van der Waals surface area (Å²) in [7, 11) is 1.60. The number of quaternary nitrogens is 1. The number of halogens is 4. The summed E-state index contributed by atoms with van der Waals surface area (Å²) in [6.07, 6.45) is 0. The molecule has 2 aromatic carbocycles. The first-order chi connectivity index (χ1) is 12.3. The topological polar surface area (TPSA) is 62.6 Å². The largest absolute Gasteiger partial charge is 0.322 e. The van der Waals surface area contributed by atoms with Crippen LogP contribution in [0.2, 0.25) is 10.0 Å². The Morgan fingerprint density at radius 3 is 2.12 bits per heavy atom. The van der Waals surface area contributed by atoms with Crippen molar-refractivity contribution in [1.29, 1.82) is 0 Å². The quantitative estimate of drug-likeness (QED) is 0.694. The van der Waals surface area contributed by atoms with Crippen LogP contribution in [0.4, 0.5) is 20.2 Å². The second kappa shape index (κ2) is 8.93. The van der Waals surface area contributed by atoms with Gasteiger partial charge in [-0.05, 0) is 30.3 Å². The Labute approximate surface area is 158 Å². The maximum atomic E-state index is 13.5. The molecule has 0 saturated heterocycles. The maximum Gasteiger partial charge on any atom is 0.279 e. The van der Waals surface area contributed by atoms with Crippen molar-refractivity contribution in [3.8, 4) is 0 Å². The van der Waals surface area contributed by atoms with Crippen LogP contribution in [0.15, 0.2) is 36.4 Å². The molecule has 0 aliphatic rings. The number of amides is 2. The van der Waals surface area contributed by atoms with E-state index in [1.165, 1.54) is 12.1 Å². The van der Waals surface area contributed by atoms with Crippen LogP contribution in [0.3, 0.4) is 0 Å². The molecule has 1 atom stereocenters. The minimum atomic E-state index is -0.867. The molecule has 0 spiro atoms. The van der Waals surface area contributed by atoms with Crippen LogP contribution in [0.25, 0.3) is 0 Å². The van der Waals surface area contributed by atoms with Crippen molar-refractivity contribution in [2.24, 2.45) is 0 Å². The van der Waals surface area contributed by atoms with E-state index in [-0.39, 0.29) is 19.0 Å². The van der Waals surface area contributed by atoms with Crippen molar-refractivity contribution in [2.75, 3.05) is 30.8 Å². The highest BCUT2D eigenvalue weighted by molar-refractivity contribution is 6.42. The number of hydrogen-bond donors (Lipinski definition) is 3. The Hall–Kier alpha value is -2.22. The van der Waals surface area contributed by atoms with Gasteiger partial charge in [0.15, 0.2) is 13.1 Å². The third kappa shape index (κ3) is 5.66. The molecular formula is C17H16Cl2F2N3O2+. The molecule has 138 valence electrons. The molecule has 2 rings (SSSR count). The number of carbonyl (C=O) groups excluding carboxylic acids is 2. The van der Waals surface area contributed by atoms with E-state index in [2.05, 4.69) is 10.6 Å². The second-order valence-corrected chi connectivity index (χ2v) is 6.45. The smallest absolute Gasteiger partial charge is 0.279 e. The normalized spacial score (nSPS) is 11.7. The number of nitrogens with one attached hydrogen (secondary N) is 3. The summed E-state index contributed by atoms with van der Waals surface area (Å²) >= 11 is 11.7. The van der Waals surface area contributed by atoms with Crippen LogP contribution < -0.4 is 15.5 Å². The summed E-state index contributed by atoms with van der Waals surface area (Å²) in [5.74, 6) is -2.71. The summed E-state index contributed by atoms with van der Waals surface area (Å²) in [6, 6.07) is 7.93. The van der Waals surface area contributed by atoms with Crippen molar-refractivity contribution in [2.45, 2.75) is 0 Å². The number of benzene rings is 2. The highest BCUT2D eigenvalue weighted by Gasteiger charge is 2.17. The van der Waals surface area contributed by atoms with Crippen molar-refractivity contribution in [3.05, 3.63) is 58.1 Å². The predicted octanol–water partition coefficient (Wildman–Crippen LogP) is 2.36. The van der Waals surface area contributed by atoms with E-state index in [9.17, 15) is 18.4 Å². The molecule has 5 nitrogen and oxygen atoms in total. The van der Waals surface area contributed by atoms with E-state index in [1.54, 1.807) is 19.2 Å². The molecule has 0 saturated carbocycles. The highest BCUT2D eigenvalue weighted by Crippen LogP contribution is 2.24. The van der Waals surface area contributed by atoms with E-state index in [1.807, 2.05) is 0 Å². The highest BCUT2D eigenvalue weighted by atomic mass is 35.5. The van der Waals surface area contributed by atoms with Crippen LogP contribution in [-0.2, 0) is 9.59 Å². The lowest BCUT2D eigenvalue weighted by Crippen LogP contribution is -3.11. The van der Waals surface area contributed by atoms with Gasteiger partial charge in [0.2, 0.25) is 0 Å². The van der Waals surface area contributed by atoms with Gasteiger partial charge in [-0.3, -0.25) is 9.59 Å².